The molecule has 0 spiro atoms. The first-order valence-corrected chi connectivity index (χ1v) is 6.38. The Morgan fingerprint density at radius 2 is 1.71 bits per heavy atom. The second kappa shape index (κ2) is 4.22. The Labute approximate surface area is 87.9 Å². The summed E-state index contributed by atoms with van der Waals surface area (Å²) in [5.74, 6) is 3.04. The average Bonchev–Trinajstić information content (AvgIpc) is 2.17. The zero-order chi connectivity index (χ0) is 10.1. The third-order valence-electron chi connectivity index (χ3n) is 4.51. The van der Waals surface area contributed by atoms with Gasteiger partial charge in [-0.2, -0.15) is 0 Å². The van der Waals surface area contributed by atoms with Crippen molar-refractivity contribution < 1.29 is 5.11 Å². The third kappa shape index (κ3) is 1.84. The number of aliphatic hydroxyl groups is 1. The molecule has 0 aliphatic heterocycles. The van der Waals surface area contributed by atoms with Crippen LogP contribution in [0.3, 0.4) is 0 Å². The largest absolute Gasteiger partial charge is 0.393 e. The van der Waals surface area contributed by atoms with Crippen LogP contribution in [0.2, 0.25) is 0 Å². The quantitative estimate of drug-likeness (QED) is 0.682. The number of hydrogen-bond acceptors (Lipinski definition) is 1. The Bertz CT molecular complexity index is 188. The van der Waals surface area contributed by atoms with Gasteiger partial charge in [-0.1, -0.05) is 33.1 Å². The van der Waals surface area contributed by atoms with Crippen molar-refractivity contribution in [3.8, 4) is 0 Å². The Morgan fingerprint density at radius 1 is 1.00 bits per heavy atom. The fraction of sp³-hybridized carbons (Fsp3) is 1.00. The molecule has 0 aromatic rings. The van der Waals surface area contributed by atoms with Gasteiger partial charge in [0.25, 0.3) is 0 Å². The molecule has 1 N–H and O–H groups in total. The van der Waals surface area contributed by atoms with Gasteiger partial charge in [-0.3, -0.25) is 0 Å². The molecule has 0 bridgehead atoms. The molecule has 0 saturated heterocycles. The van der Waals surface area contributed by atoms with Crippen molar-refractivity contribution >= 4 is 0 Å². The van der Waals surface area contributed by atoms with Crippen LogP contribution in [0.25, 0.3) is 0 Å². The molecule has 1 heteroatoms. The van der Waals surface area contributed by atoms with Crippen LogP contribution in [0.5, 0.6) is 0 Å². The van der Waals surface area contributed by atoms with Crippen molar-refractivity contribution in [2.24, 2.45) is 23.7 Å². The third-order valence-corrected chi connectivity index (χ3v) is 4.51. The molecular formula is C13H24O. The predicted octanol–water partition coefficient (Wildman–Crippen LogP) is 3.22. The SMILES string of the molecule is CC(C)C1C(O)CCC2CCCCC21. The van der Waals surface area contributed by atoms with Crippen molar-refractivity contribution in [2.75, 3.05) is 0 Å². The summed E-state index contributed by atoms with van der Waals surface area (Å²) < 4.78 is 0. The zero-order valence-corrected chi connectivity index (χ0v) is 9.58. The van der Waals surface area contributed by atoms with E-state index < -0.39 is 0 Å². The van der Waals surface area contributed by atoms with Gasteiger partial charge in [0, 0.05) is 0 Å². The predicted molar refractivity (Wildman–Crippen MR) is 59.0 cm³/mol. The first-order chi connectivity index (χ1) is 6.70. The van der Waals surface area contributed by atoms with Gasteiger partial charge in [0.05, 0.1) is 6.10 Å². The standard InChI is InChI=1S/C13H24O/c1-9(2)13-11-6-4-3-5-10(11)7-8-12(13)14/h9-14H,3-8H2,1-2H3. The van der Waals surface area contributed by atoms with Crippen molar-refractivity contribution in [2.45, 2.75) is 58.5 Å². The van der Waals surface area contributed by atoms with Crippen LogP contribution in [0.1, 0.15) is 52.4 Å². The minimum absolute atomic E-state index is 0.00523. The van der Waals surface area contributed by atoms with E-state index in [2.05, 4.69) is 13.8 Å². The molecule has 2 aliphatic rings. The van der Waals surface area contributed by atoms with Crippen LogP contribution in [0.4, 0.5) is 0 Å². The molecule has 2 rings (SSSR count). The maximum atomic E-state index is 10.1. The van der Waals surface area contributed by atoms with Crippen LogP contribution in [0.15, 0.2) is 0 Å². The van der Waals surface area contributed by atoms with E-state index in [1.54, 1.807) is 0 Å². The lowest BCUT2D eigenvalue weighted by Crippen LogP contribution is -2.42. The summed E-state index contributed by atoms with van der Waals surface area (Å²) in [6.07, 6.45) is 7.98. The number of hydrogen-bond donors (Lipinski definition) is 1. The van der Waals surface area contributed by atoms with Gasteiger partial charge in [-0.15, -0.1) is 0 Å². The van der Waals surface area contributed by atoms with Crippen LogP contribution in [-0.2, 0) is 0 Å². The average molecular weight is 196 g/mol. The van der Waals surface area contributed by atoms with Gasteiger partial charge < -0.3 is 5.11 Å². The summed E-state index contributed by atoms with van der Waals surface area (Å²) in [5, 5.41) is 10.1. The van der Waals surface area contributed by atoms with E-state index in [1.807, 2.05) is 0 Å². The van der Waals surface area contributed by atoms with E-state index in [1.165, 1.54) is 32.1 Å². The maximum absolute atomic E-state index is 10.1. The normalized spacial score (nSPS) is 43.7. The summed E-state index contributed by atoms with van der Waals surface area (Å²) in [7, 11) is 0. The van der Waals surface area contributed by atoms with Crippen LogP contribution in [-0.4, -0.2) is 11.2 Å². The zero-order valence-electron chi connectivity index (χ0n) is 9.58. The van der Waals surface area contributed by atoms with Crippen molar-refractivity contribution in [3.63, 3.8) is 0 Å². The lowest BCUT2D eigenvalue weighted by molar-refractivity contribution is -0.0367. The molecule has 0 radical (unpaired) electrons. The molecule has 0 amide bonds. The van der Waals surface area contributed by atoms with E-state index in [0.29, 0.717) is 11.8 Å². The molecule has 4 atom stereocenters. The summed E-state index contributed by atoms with van der Waals surface area (Å²) in [4.78, 5) is 0. The molecule has 4 unspecified atom stereocenters. The highest BCUT2D eigenvalue weighted by Crippen LogP contribution is 2.46. The number of rotatable bonds is 1. The highest BCUT2D eigenvalue weighted by molar-refractivity contribution is 4.90. The van der Waals surface area contributed by atoms with E-state index in [-0.39, 0.29) is 6.10 Å². The smallest absolute Gasteiger partial charge is 0.0573 e. The minimum atomic E-state index is -0.00523. The monoisotopic (exact) mass is 196 g/mol. The second-order valence-electron chi connectivity index (χ2n) is 5.67. The molecule has 1 nitrogen and oxygen atoms in total. The summed E-state index contributed by atoms with van der Waals surface area (Å²) >= 11 is 0. The summed E-state index contributed by atoms with van der Waals surface area (Å²) in [5.41, 5.74) is 0. The van der Waals surface area contributed by atoms with Gasteiger partial charge in [0.15, 0.2) is 0 Å². The highest BCUT2D eigenvalue weighted by Gasteiger charge is 2.40. The van der Waals surface area contributed by atoms with E-state index in [0.717, 1.165) is 18.3 Å². The molecule has 0 heterocycles. The summed E-state index contributed by atoms with van der Waals surface area (Å²) in [6.45, 7) is 4.57. The summed E-state index contributed by atoms with van der Waals surface area (Å²) in [6, 6.07) is 0. The van der Waals surface area contributed by atoms with Crippen LogP contribution < -0.4 is 0 Å². The topological polar surface area (TPSA) is 20.2 Å². The van der Waals surface area contributed by atoms with E-state index >= 15 is 0 Å². The Morgan fingerprint density at radius 3 is 2.43 bits per heavy atom. The van der Waals surface area contributed by atoms with Gasteiger partial charge in [0.1, 0.15) is 0 Å². The first-order valence-electron chi connectivity index (χ1n) is 6.38. The maximum Gasteiger partial charge on any atom is 0.0573 e. The molecule has 82 valence electrons. The second-order valence-corrected chi connectivity index (χ2v) is 5.67. The van der Waals surface area contributed by atoms with E-state index in [4.69, 9.17) is 0 Å². The van der Waals surface area contributed by atoms with Crippen LogP contribution in [0, 0.1) is 23.7 Å². The molecule has 2 saturated carbocycles. The first kappa shape index (κ1) is 10.5. The molecule has 0 aromatic heterocycles. The van der Waals surface area contributed by atoms with Gasteiger partial charge in [-0.05, 0) is 42.9 Å². The molecule has 2 fully saturated rings. The lowest BCUT2D eigenvalue weighted by Gasteiger charge is -2.45. The lowest BCUT2D eigenvalue weighted by atomic mass is 9.61. The Kier molecular flexibility index (Phi) is 3.16. The van der Waals surface area contributed by atoms with Gasteiger partial charge in [-0.25, -0.2) is 0 Å². The number of fused-ring (bicyclic) bond motifs is 1. The van der Waals surface area contributed by atoms with E-state index in [9.17, 15) is 5.11 Å². The molecule has 14 heavy (non-hydrogen) atoms. The fourth-order valence-electron chi connectivity index (χ4n) is 3.90. The Hall–Kier alpha value is -0.0400. The fourth-order valence-corrected chi connectivity index (χ4v) is 3.90. The van der Waals surface area contributed by atoms with Crippen LogP contribution >= 0.6 is 0 Å². The minimum Gasteiger partial charge on any atom is -0.393 e. The van der Waals surface area contributed by atoms with Crippen molar-refractivity contribution in [1.82, 2.24) is 0 Å². The van der Waals surface area contributed by atoms with Gasteiger partial charge in [0.2, 0.25) is 0 Å². The molecule has 0 aromatic carbocycles. The number of aliphatic hydroxyl groups excluding tert-OH is 1. The van der Waals surface area contributed by atoms with Crippen molar-refractivity contribution in [1.29, 1.82) is 0 Å². The molecule has 2 aliphatic carbocycles. The van der Waals surface area contributed by atoms with Crippen molar-refractivity contribution in [3.05, 3.63) is 0 Å². The molecular weight excluding hydrogens is 172 g/mol. The highest BCUT2D eigenvalue weighted by atomic mass is 16.3. The van der Waals surface area contributed by atoms with Gasteiger partial charge >= 0.3 is 0 Å². The Balaban J connectivity index is 2.09.